The van der Waals surface area contributed by atoms with Crippen LogP contribution in [0.3, 0.4) is 0 Å². The van der Waals surface area contributed by atoms with Gasteiger partial charge in [-0.15, -0.1) is 0 Å². The van der Waals surface area contributed by atoms with E-state index in [9.17, 15) is 13.2 Å². The Balaban J connectivity index is 2.16. The minimum Gasteiger partial charge on any atom is -0.497 e. The average Bonchev–Trinajstić information content (AvgIpc) is 2.61. The van der Waals surface area contributed by atoms with E-state index in [0.29, 0.717) is 17.0 Å². The van der Waals surface area contributed by atoms with Gasteiger partial charge in [-0.25, -0.2) is 8.42 Å². The first kappa shape index (κ1) is 17.3. The van der Waals surface area contributed by atoms with Gasteiger partial charge in [0.2, 0.25) is 0 Å². The van der Waals surface area contributed by atoms with Crippen molar-refractivity contribution in [2.75, 3.05) is 25.1 Å². The van der Waals surface area contributed by atoms with E-state index in [2.05, 4.69) is 0 Å². The number of carbonyl (C=O) groups is 1. The molecule has 0 aliphatic carbocycles. The van der Waals surface area contributed by atoms with Gasteiger partial charge in [-0.1, -0.05) is 6.07 Å². The highest BCUT2D eigenvalue weighted by Crippen LogP contribution is 2.36. The van der Waals surface area contributed by atoms with E-state index >= 15 is 0 Å². The highest BCUT2D eigenvalue weighted by molar-refractivity contribution is 7.93. The summed E-state index contributed by atoms with van der Waals surface area (Å²) >= 11 is 0. The Hall–Kier alpha value is -2.54. The molecule has 0 saturated carbocycles. The molecule has 1 heterocycles. The van der Waals surface area contributed by atoms with Crippen LogP contribution in [0.5, 0.6) is 11.5 Å². The standard InChI is InChI=1S/C18H19NO5S/c1-12-4-7-17(24-3)18(10-12)25(21,22)19-9-8-16(20)14-11-13(23-2)5-6-15(14)19/h4-7,10-11H,8-9H2,1-3H3. The second-order valence-corrected chi connectivity index (χ2v) is 7.62. The molecule has 0 atom stereocenters. The van der Waals surface area contributed by atoms with Crippen LogP contribution in [0.25, 0.3) is 0 Å². The average molecular weight is 361 g/mol. The van der Waals surface area contributed by atoms with Crippen LogP contribution < -0.4 is 13.8 Å². The van der Waals surface area contributed by atoms with Crippen molar-refractivity contribution in [1.82, 2.24) is 0 Å². The molecule has 0 bridgehead atoms. The van der Waals surface area contributed by atoms with Crippen molar-refractivity contribution in [2.45, 2.75) is 18.2 Å². The molecular weight excluding hydrogens is 342 g/mol. The van der Waals surface area contributed by atoms with Gasteiger partial charge in [0.15, 0.2) is 5.78 Å². The zero-order valence-electron chi connectivity index (χ0n) is 14.3. The van der Waals surface area contributed by atoms with Gasteiger partial charge in [0.05, 0.1) is 19.9 Å². The number of hydrogen-bond donors (Lipinski definition) is 0. The summed E-state index contributed by atoms with van der Waals surface area (Å²) in [6, 6.07) is 9.82. The lowest BCUT2D eigenvalue weighted by atomic mass is 10.0. The Bertz CT molecular complexity index is 936. The summed E-state index contributed by atoms with van der Waals surface area (Å²) in [7, 11) is -0.934. The predicted octanol–water partition coefficient (Wildman–Crippen LogP) is 2.79. The van der Waals surface area contributed by atoms with Crippen LogP contribution in [-0.4, -0.2) is 35.0 Å². The van der Waals surface area contributed by atoms with Crippen molar-refractivity contribution in [3.63, 3.8) is 0 Å². The number of anilines is 1. The second-order valence-electron chi connectivity index (χ2n) is 5.79. The lowest BCUT2D eigenvalue weighted by molar-refractivity contribution is 0.0981. The van der Waals surface area contributed by atoms with Gasteiger partial charge in [-0.3, -0.25) is 9.10 Å². The number of Topliss-reactive ketones (excluding diaryl/α,β-unsaturated/α-hetero) is 1. The molecule has 6 nitrogen and oxygen atoms in total. The van der Waals surface area contributed by atoms with Gasteiger partial charge in [-0.2, -0.15) is 0 Å². The highest BCUT2D eigenvalue weighted by atomic mass is 32.2. The topological polar surface area (TPSA) is 72.9 Å². The number of benzene rings is 2. The molecule has 2 aromatic rings. The molecule has 3 rings (SSSR count). The fourth-order valence-corrected chi connectivity index (χ4v) is 4.62. The Labute approximate surface area is 147 Å². The van der Waals surface area contributed by atoms with Gasteiger partial charge in [0.1, 0.15) is 16.4 Å². The molecule has 25 heavy (non-hydrogen) atoms. The number of methoxy groups -OCH3 is 2. The molecule has 0 saturated heterocycles. The summed E-state index contributed by atoms with van der Waals surface area (Å²) in [5, 5.41) is 0. The number of rotatable bonds is 4. The second kappa shape index (κ2) is 6.40. The summed E-state index contributed by atoms with van der Waals surface area (Å²) < 4.78 is 38.1. The van der Waals surface area contributed by atoms with Gasteiger partial charge in [-0.05, 0) is 42.8 Å². The highest BCUT2D eigenvalue weighted by Gasteiger charge is 2.34. The maximum atomic E-state index is 13.2. The minimum absolute atomic E-state index is 0.0890. The summed E-state index contributed by atoms with van der Waals surface area (Å²) in [5.41, 5.74) is 1.52. The van der Waals surface area contributed by atoms with Crippen LogP contribution >= 0.6 is 0 Å². The number of sulfonamides is 1. The first-order chi connectivity index (χ1) is 11.9. The Morgan fingerprint density at radius 2 is 1.80 bits per heavy atom. The molecule has 1 aliphatic heterocycles. The van der Waals surface area contributed by atoms with E-state index in [-0.39, 0.29) is 29.4 Å². The monoisotopic (exact) mass is 361 g/mol. The zero-order chi connectivity index (χ0) is 18.2. The van der Waals surface area contributed by atoms with Crippen molar-refractivity contribution in [3.05, 3.63) is 47.5 Å². The first-order valence-electron chi connectivity index (χ1n) is 7.77. The lowest BCUT2D eigenvalue weighted by Gasteiger charge is -2.30. The SMILES string of the molecule is COc1ccc2c(c1)C(=O)CCN2S(=O)(=O)c1cc(C)ccc1OC. The fourth-order valence-electron chi connectivity index (χ4n) is 2.90. The minimum atomic E-state index is -3.87. The molecule has 0 fully saturated rings. The van der Waals surface area contributed by atoms with Crippen LogP contribution in [0.15, 0.2) is 41.3 Å². The van der Waals surface area contributed by atoms with Crippen molar-refractivity contribution >= 4 is 21.5 Å². The number of nitrogens with zero attached hydrogens (tertiary/aromatic N) is 1. The van der Waals surface area contributed by atoms with E-state index < -0.39 is 10.0 Å². The molecule has 0 N–H and O–H groups in total. The quantitative estimate of drug-likeness (QED) is 0.837. The molecule has 0 unspecified atom stereocenters. The molecule has 1 aliphatic rings. The predicted molar refractivity (Wildman–Crippen MR) is 94.2 cm³/mol. The number of carbonyl (C=O) groups excluding carboxylic acids is 1. The van der Waals surface area contributed by atoms with Crippen LogP contribution in [0.1, 0.15) is 22.3 Å². The van der Waals surface area contributed by atoms with Crippen LogP contribution in [0.2, 0.25) is 0 Å². The molecule has 0 amide bonds. The molecular formula is C18H19NO5S. The molecule has 0 radical (unpaired) electrons. The Morgan fingerprint density at radius 1 is 1.04 bits per heavy atom. The molecule has 0 spiro atoms. The summed E-state index contributed by atoms with van der Waals surface area (Å²) in [5.74, 6) is 0.689. The third-order valence-corrected chi connectivity index (χ3v) is 6.04. The maximum Gasteiger partial charge on any atom is 0.268 e. The largest absolute Gasteiger partial charge is 0.497 e. The van der Waals surface area contributed by atoms with Gasteiger partial charge >= 0.3 is 0 Å². The molecule has 7 heteroatoms. The number of hydrogen-bond acceptors (Lipinski definition) is 5. The van der Waals surface area contributed by atoms with E-state index in [1.165, 1.54) is 18.5 Å². The first-order valence-corrected chi connectivity index (χ1v) is 9.21. The Kier molecular flexibility index (Phi) is 4.43. The molecule has 2 aromatic carbocycles. The smallest absolute Gasteiger partial charge is 0.268 e. The van der Waals surface area contributed by atoms with Crippen molar-refractivity contribution < 1.29 is 22.7 Å². The van der Waals surface area contributed by atoms with E-state index in [1.807, 2.05) is 6.92 Å². The van der Waals surface area contributed by atoms with Crippen molar-refractivity contribution in [3.8, 4) is 11.5 Å². The van der Waals surface area contributed by atoms with Gasteiger partial charge in [0.25, 0.3) is 10.0 Å². The normalized spacial score (nSPS) is 14.2. The number of fused-ring (bicyclic) bond motifs is 1. The van der Waals surface area contributed by atoms with Crippen LogP contribution in [-0.2, 0) is 10.0 Å². The maximum absolute atomic E-state index is 13.2. The van der Waals surface area contributed by atoms with E-state index in [0.717, 1.165) is 5.56 Å². The third kappa shape index (κ3) is 2.95. The summed E-state index contributed by atoms with van der Waals surface area (Å²) in [4.78, 5) is 12.3. The van der Waals surface area contributed by atoms with Crippen molar-refractivity contribution in [2.24, 2.45) is 0 Å². The number of ether oxygens (including phenoxy) is 2. The zero-order valence-corrected chi connectivity index (χ0v) is 15.1. The Morgan fingerprint density at radius 3 is 2.48 bits per heavy atom. The molecule has 0 aromatic heterocycles. The lowest BCUT2D eigenvalue weighted by Crippen LogP contribution is -2.37. The van der Waals surface area contributed by atoms with E-state index in [4.69, 9.17) is 9.47 Å². The third-order valence-electron chi connectivity index (χ3n) is 4.20. The van der Waals surface area contributed by atoms with Crippen LogP contribution in [0, 0.1) is 6.92 Å². The van der Waals surface area contributed by atoms with Crippen molar-refractivity contribution in [1.29, 1.82) is 0 Å². The van der Waals surface area contributed by atoms with Gasteiger partial charge in [0, 0.05) is 18.5 Å². The fraction of sp³-hybridized carbons (Fsp3) is 0.278. The van der Waals surface area contributed by atoms with Gasteiger partial charge < -0.3 is 9.47 Å². The van der Waals surface area contributed by atoms with E-state index in [1.54, 1.807) is 36.4 Å². The number of aryl methyl sites for hydroxylation is 1. The van der Waals surface area contributed by atoms with Crippen LogP contribution in [0.4, 0.5) is 5.69 Å². The summed E-state index contributed by atoms with van der Waals surface area (Å²) in [6.07, 6.45) is 0.119. The number of ketones is 1. The molecule has 132 valence electrons. The summed E-state index contributed by atoms with van der Waals surface area (Å²) in [6.45, 7) is 1.91.